The summed E-state index contributed by atoms with van der Waals surface area (Å²) in [7, 11) is 0. The first-order valence-electron chi connectivity index (χ1n) is 7.57. The quantitative estimate of drug-likeness (QED) is 0.785. The van der Waals surface area contributed by atoms with Gasteiger partial charge in [-0.15, -0.1) is 0 Å². The number of hydrogen-bond acceptors (Lipinski definition) is 6. The van der Waals surface area contributed by atoms with Gasteiger partial charge in [-0.1, -0.05) is 5.16 Å². The topological polar surface area (TPSA) is 99.8 Å². The van der Waals surface area contributed by atoms with Crippen molar-refractivity contribution in [3.8, 4) is 17.3 Å². The second kappa shape index (κ2) is 5.64. The predicted octanol–water partition coefficient (Wildman–Crippen LogP) is 1.83. The molecule has 8 heteroatoms. The van der Waals surface area contributed by atoms with Gasteiger partial charge in [-0.05, 0) is 43.0 Å². The van der Waals surface area contributed by atoms with E-state index >= 15 is 0 Å². The Morgan fingerprint density at radius 2 is 2.00 bits per heavy atom. The number of rotatable bonds is 4. The van der Waals surface area contributed by atoms with Crippen molar-refractivity contribution < 1.29 is 8.91 Å². The molecule has 0 bridgehead atoms. The van der Waals surface area contributed by atoms with E-state index in [0.717, 1.165) is 12.8 Å². The summed E-state index contributed by atoms with van der Waals surface area (Å²) in [5.41, 5.74) is 6.33. The first-order chi connectivity index (χ1) is 11.6. The van der Waals surface area contributed by atoms with E-state index < -0.39 is 0 Å². The smallest absolute Gasteiger partial charge is 0.282 e. The molecule has 4 rings (SSSR count). The van der Waals surface area contributed by atoms with Crippen molar-refractivity contribution in [1.82, 2.24) is 19.9 Å². The summed E-state index contributed by atoms with van der Waals surface area (Å²) >= 11 is 0. The fraction of sp³-hybridized carbons (Fsp3) is 0.250. The van der Waals surface area contributed by atoms with E-state index in [-0.39, 0.29) is 28.9 Å². The largest absolute Gasteiger partial charge is 0.332 e. The zero-order valence-corrected chi connectivity index (χ0v) is 12.6. The highest BCUT2D eigenvalue weighted by Crippen LogP contribution is 2.38. The maximum atomic E-state index is 13.0. The van der Waals surface area contributed by atoms with Crippen LogP contribution in [0.2, 0.25) is 0 Å². The third kappa shape index (κ3) is 2.71. The molecule has 0 saturated heterocycles. The first-order valence-corrected chi connectivity index (χ1v) is 7.57. The van der Waals surface area contributed by atoms with Crippen molar-refractivity contribution in [2.75, 3.05) is 0 Å². The molecule has 24 heavy (non-hydrogen) atoms. The van der Waals surface area contributed by atoms with Crippen LogP contribution in [0.5, 0.6) is 0 Å². The fourth-order valence-electron chi connectivity index (χ4n) is 2.43. The Morgan fingerprint density at radius 1 is 1.25 bits per heavy atom. The van der Waals surface area contributed by atoms with E-state index in [4.69, 9.17) is 10.3 Å². The zero-order valence-electron chi connectivity index (χ0n) is 12.6. The molecule has 1 fully saturated rings. The Bertz CT molecular complexity index is 930. The molecule has 7 nitrogen and oxygen atoms in total. The Kier molecular flexibility index (Phi) is 3.46. The molecular weight excluding hydrogens is 313 g/mol. The highest BCUT2D eigenvalue weighted by molar-refractivity contribution is 5.46. The van der Waals surface area contributed by atoms with Crippen LogP contribution in [0.3, 0.4) is 0 Å². The van der Waals surface area contributed by atoms with E-state index in [0.29, 0.717) is 17.4 Å². The van der Waals surface area contributed by atoms with Gasteiger partial charge >= 0.3 is 0 Å². The van der Waals surface area contributed by atoms with Crippen LogP contribution >= 0.6 is 0 Å². The minimum Gasteiger partial charge on any atom is -0.332 e. The monoisotopic (exact) mass is 327 g/mol. The van der Waals surface area contributed by atoms with Crippen LogP contribution in [0.4, 0.5) is 4.39 Å². The van der Waals surface area contributed by atoms with Crippen molar-refractivity contribution in [2.45, 2.75) is 18.9 Å². The molecule has 2 aromatic heterocycles. The molecule has 1 unspecified atom stereocenters. The van der Waals surface area contributed by atoms with Gasteiger partial charge in [-0.3, -0.25) is 4.79 Å². The van der Waals surface area contributed by atoms with Gasteiger partial charge in [-0.25, -0.2) is 9.07 Å². The van der Waals surface area contributed by atoms with E-state index in [1.165, 1.54) is 29.1 Å². The Balaban J connectivity index is 1.71. The molecule has 3 aromatic rings. The summed E-state index contributed by atoms with van der Waals surface area (Å²) in [6.45, 7) is 0. The van der Waals surface area contributed by atoms with Gasteiger partial charge in [0, 0.05) is 12.3 Å². The van der Waals surface area contributed by atoms with Crippen LogP contribution in [0, 0.1) is 11.7 Å². The van der Waals surface area contributed by atoms with Crippen molar-refractivity contribution in [3.63, 3.8) is 0 Å². The van der Waals surface area contributed by atoms with Gasteiger partial charge in [0.25, 0.3) is 5.89 Å². The summed E-state index contributed by atoms with van der Waals surface area (Å²) < 4.78 is 19.6. The standard InChI is InChI=1S/C16H14FN5O2/c17-10-3-5-11(6-4-10)22-8-7-12(23)14(20-22)16-19-15(21-24-16)13(18)9-1-2-9/h3-9,13H,1-2,18H2. The molecule has 0 spiro atoms. The summed E-state index contributed by atoms with van der Waals surface area (Å²) in [5, 5.41) is 8.08. The van der Waals surface area contributed by atoms with E-state index in [9.17, 15) is 9.18 Å². The number of halogens is 1. The van der Waals surface area contributed by atoms with Crippen LogP contribution < -0.4 is 11.2 Å². The molecule has 1 atom stereocenters. The van der Waals surface area contributed by atoms with E-state index in [1.54, 1.807) is 12.1 Å². The van der Waals surface area contributed by atoms with Crippen molar-refractivity contribution >= 4 is 0 Å². The van der Waals surface area contributed by atoms with Crippen molar-refractivity contribution in [1.29, 1.82) is 0 Å². The molecule has 0 radical (unpaired) electrons. The van der Waals surface area contributed by atoms with Gasteiger partial charge in [0.05, 0.1) is 11.7 Å². The number of hydrogen-bond donors (Lipinski definition) is 1. The maximum absolute atomic E-state index is 13.0. The summed E-state index contributed by atoms with van der Waals surface area (Å²) in [5.74, 6) is 0.430. The average Bonchev–Trinajstić information content (AvgIpc) is 3.33. The normalized spacial score (nSPS) is 15.4. The molecule has 1 aliphatic rings. The average molecular weight is 327 g/mol. The molecule has 1 aliphatic carbocycles. The summed E-state index contributed by atoms with van der Waals surface area (Å²) in [6, 6.07) is 6.79. The van der Waals surface area contributed by atoms with Gasteiger partial charge in [-0.2, -0.15) is 10.1 Å². The number of aromatic nitrogens is 4. The molecule has 0 aliphatic heterocycles. The van der Waals surface area contributed by atoms with Crippen LogP contribution in [0.15, 0.2) is 45.8 Å². The Morgan fingerprint density at radius 3 is 2.71 bits per heavy atom. The lowest BCUT2D eigenvalue weighted by Gasteiger charge is -2.05. The lowest BCUT2D eigenvalue weighted by molar-refractivity contribution is 0.409. The molecule has 122 valence electrons. The third-order valence-corrected chi connectivity index (χ3v) is 3.97. The summed E-state index contributed by atoms with van der Waals surface area (Å²) in [6.07, 6.45) is 3.59. The highest BCUT2D eigenvalue weighted by Gasteiger charge is 2.33. The second-order valence-corrected chi connectivity index (χ2v) is 5.77. The molecule has 2 heterocycles. The number of benzene rings is 1. The molecular formula is C16H14FN5O2. The van der Waals surface area contributed by atoms with Crippen molar-refractivity contribution in [3.05, 3.63) is 58.4 Å². The van der Waals surface area contributed by atoms with Gasteiger partial charge < -0.3 is 10.3 Å². The van der Waals surface area contributed by atoms with Crippen LogP contribution in [-0.2, 0) is 0 Å². The lowest BCUT2D eigenvalue weighted by Crippen LogP contribution is -2.15. The fourth-order valence-corrected chi connectivity index (χ4v) is 2.43. The van der Waals surface area contributed by atoms with Crippen molar-refractivity contribution in [2.24, 2.45) is 11.7 Å². The Hall–Kier alpha value is -2.87. The second-order valence-electron chi connectivity index (χ2n) is 5.77. The third-order valence-electron chi connectivity index (χ3n) is 3.97. The highest BCUT2D eigenvalue weighted by atomic mass is 19.1. The van der Waals surface area contributed by atoms with Crippen LogP contribution in [-0.4, -0.2) is 19.9 Å². The maximum Gasteiger partial charge on any atom is 0.282 e. The number of nitrogens with zero attached hydrogens (tertiary/aromatic N) is 4. The molecule has 2 N–H and O–H groups in total. The lowest BCUT2D eigenvalue weighted by atomic mass is 10.2. The minimum absolute atomic E-state index is 0.0301. The Labute approximate surface area is 135 Å². The minimum atomic E-state index is -0.351. The zero-order chi connectivity index (χ0) is 16.7. The molecule has 0 amide bonds. The van der Waals surface area contributed by atoms with Gasteiger partial charge in [0.1, 0.15) is 5.82 Å². The van der Waals surface area contributed by atoms with E-state index in [2.05, 4.69) is 15.2 Å². The van der Waals surface area contributed by atoms with Gasteiger partial charge in [0.2, 0.25) is 5.43 Å². The number of nitrogens with two attached hydrogens (primary N) is 1. The SMILES string of the molecule is NC(c1noc(-c2nn(-c3ccc(F)cc3)ccc2=O)n1)C1CC1. The predicted molar refractivity (Wildman–Crippen MR) is 82.7 cm³/mol. The summed E-state index contributed by atoms with van der Waals surface area (Å²) in [4.78, 5) is 16.3. The molecule has 1 saturated carbocycles. The van der Waals surface area contributed by atoms with E-state index in [1.807, 2.05) is 0 Å². The molecule has 1 aromatic carbocycles. The van der Waals surface area contributed by atoms with Gasteiger partial charge in [0.15, 0.2) is 11.5 Å². The van der Waals surface area contributed by atoms with Crippen LogP contribution in [0.25, 0.3) is 17.3 Å². The van der Waals surface area contributed by atoms with Crippen LogP contribution in [0.1, 0.15) is 24.7 Å². The first kappa shape index (κ1) is 14.7.